The first-order valence-electron chi connectivity index (χ1n) is 9.62. The minimum absolute atomic E-state index is 0.182. The lowest BCUT2D eigenvalue weighted by Crippen LogP contribution is -2.22. The van der Waals surface area contributed by atoms with Gasteiger partial charge in [-0.15, -0.1) is 0 Å². The molecule has 4 rings (SSSR count). The summed E-state index contributed by atoms with van der Waals surface area (Å²) in [5.74, 6) is 1.60. The smallest absolute Gasteiger partial charge is 0.331 e. The number of fused-ring (bicyclic) bond motifs is 2. The summed E-state index contributed by atoms with van der Waals surface area (Å²) in [6.45, 7) is 5.68. The predicted octanol–water partition coefficient (Wildman–Crippen LogP) is 4.99. The van der Waals surface area contributed by atoms with Crippen LogP contribution in [0, 0.1) is 0 Å². The summed E-state index contributed by atoms with van der Waals surface area (Å²) in [6, 6.07) is 11.4. The molecule has 0 aliphatic carbocycles. The molecule has 6 nitrogen and oxygen atoms in total. The molecule has 30 heavy (non-hydrogen) atoms. The molecular weight excluding hydrogens is 382 g/mol. The third-order valence-corrected chi connectivity index (χ3v) is 4.58. The Kier molecular flexibility index (Phi) is 5.08. The van der Waals surface area contributed by atoms with Gasteiger partial charge in [0.15, 0.2) is 11.5 Å². The van der Waals surface area contributed by atoms with E-state index < -0.39 is 11.6 Å². The molecule has 1 aromatic heterocycles. The summed E-state index contributed by atoms with van der Waals surface area (Å²) in [5.41, 5.74) is 1.71. The van der Waals surface area contributed by atoms with Gasteiger partial charge >= 0.3 is 5.97 Å². The van der Waals surface area contributed by atoms with E-state index in [1.807, 2.05) is 57.2 Å². The minimum Gasteiger partial charge on any atom is -0.496 e. The number of methoxy groups -OCH3 is 1. The summed E-state index contributed by atoms with van der Waals surface area (Å²) in [5, 5.41) is 1.76. The van der Waals surface area contributed by atoms with Crippen LogP contribution in [0.1, 0.15) is 26.3 Å². The zero-order valence-corrected chi connectivity index (χ0v) is 17.4. The quantitative estimate of drug-likeness (QED) is 0.450. The van der Waals surface area contributed by atoms with E-state index in [4.69, 9.17) is 18.9 Å². The molecule has 1 aliphatic heterocycles. The number of carbonyl (C=O) groups is 1. The second-order valence-electron chi connectivity index (χ2n) is 7.88. The van der Waals surface area contributed by atoms with Crippen LogP contribution in [0.3, 0.4) is 0 Å². The van der Waals surface area contributed by atoms with Crippen molar-refractivity contribution in [3.05, 3.63) is 54.2 Å². The lowest BCUT2D eigenvalue weighted by Gasteiger charge is -2.18. The Morgan fingerprint density at radius 2 is 1.87 bits per heavy atom. The van der Waals surface area contributed by atoms with E-state index in [0.717, 1.165) is 21.9 Å². The Balaban J connectivity index is 1.90. The molecule has 0 amide bonds. The Labute approximate surface area is 175 Å². The molecule has 0 radical (unpaired) electrons. The summed E-state index contributed by atoms with van der Waals surface area (Å²) in [7, 11) is 1.62. The SMILES string of the molecule is COc1ccccc1-c1ncc2cc3c(cc2c1/C=C/C(=O)OC(C)(C)C)OCO3. The van der Waals surface area contributed by atoms with Crippen LogP contribution in [0.15, 0.2) is 48.7 Å². The normalized spacial score (nSPS) is 13.1. The number of hydrogen-bond donors (Lipinski definition) is 0. The summed E-state index contributed by atoms with van der Waals surface area (Å²) < 4.78 is 22.0. The summed E-state index contributed by atoms with van der Waals surface area (Å²) >= 11 is 0. The van der Waals surface area contributed by atoms with Crippen molar-refractivity contribution in [3.63, 3.8) is 0 Å². The lowest BCUT2D eigenvalue weighted by atomic mass is 9.98. The van der Waals surface area contributed by atoms with E-state index in [0.29, 0.717) is 22.9 Å². The van der Waals surface area contributed by atoms with E-state index in [1.165, 1.54) is 6.08 Å². The molecule has 0 N–H and O–H groups in total. The monoisotopic (exact) mass is 405 g/mol. The number of carbonyl (C=O) groups excluding carboxylic acids is 1. The van der Waals surface area contributed by atoms with Gasteiger partial charge in [-0.1, -0.05) is 12.1 Å². The van der Waals surface area contributed by atoms with Crippen LogP contribution in [0.5, 0.6) is 17.2 Å². The third-order valence-electron chi connectivity index (χ3n) is 4.58. The molecule has 0 spiro atoms. The van der Waals surface area contributed by atoms with Gasteiger partial charge < -0.3 is 18.9 Å². The number of hydrogen-bond acceptors (Lipinski definition) is 6. The number of nitrogens with zero attached hydrogens (tertiary/aromatic N) is 1. The average molecular weight is 405 g/mol. The highest BCUT2D eigenvalue weighted by Gasteiger charge is 2.20. The van der Waals surface area contributed by atoms with Gasteiger partial charge in [0.05, 0.1) is 12.8 Å². The predicted molar refractivity (Wildman–Crippen MR) is 115 cm³/mol. The molecule has 154 valence electrons. The van der Waals surface area contributed by atoms with Crippen molar-refractivity contribution in [2.45, 2.75) is 26.4 Å². The molecule has 0 saturated heterocycles. The van der Waals surface area contributed by atoms with E-state index in [9.17, 15) is 4.79 Å². The number of ether oxygens (including phenoxy) is 4. The fourth-order valence-corrected chi connectivity index (χ4v) is 3.34. The Hall–Kier alpha value is -3.54. The minimum atomic E-state index is -0.574. The van der Waals surface area contributed by atoms with Crippen LogP contribution in [0.2, 0.25) is 0 Å². The second-order valence-corrected chi connectivity index (χ2v) is 7.88. The van der Waals surface area contributed by atoms with Crippen LogP contribution in [0.4, 0.5) is 0 Å². The number of para-hydroxylation sites is 1. The fourth-order valence-electron chi connectivity index (χ4n) is 3.34. The number of pyridine rings is 1. The van der Waals surface area contributed by atoms with Crippen molar-refractivity contribution in [1.29, 1.82) is 0 Å². The third kappa shape index (κ3) is 3.94. The maximum atomic E-state index is 12.3. The van der Waals surface area contributed by atoms with Gasteiger partial charge in [0, 0.05) is 28.8 Å². The van der Waals surface area contributed by atoms with Crippen molar-refractivity contribution in [2.75, 3.05) is 13.9 Å². The first-order valence-corrected chi connectivity index (χ1v) is 9.62. The Morgan fingerprint density at radius 1 is 1.13 bits per heavy atom. The standard InChI is InChI=1S/C24H23NO5/c1-24(2,3)30-22(26)10-9-16-18-12-21-20(28-14-29-21)11-15(18)13-25-23(16)17-7-5-6-8-19(17)27-4/h5-13H,14H2,1-4H3/b10-9+. The zero-order chi connectivity index (χ0) is 21.3. The summed E-state index contributed by atoms with van der Waals surface area (Å²) in [6.07, 6.45) is 4.93. The van der Waals surface area contributed by atoms with Gasteiger partial charge in [-0.25, -0.2) is 4.79 Å². The number of rotatable bonds is 4. The molecular formula is C24H23NO5. The molecule has 6 heteroatoms. The molecule has 1 aliphatic rings. The van der Waals surface area contributed by atoms with Gasteiger partial charge in [-0.05, 0) is 56.5 Å². The first kappa shape index (κ1) is 19.8. The van der Waals surface area contributed by atoms with Crippen LogP contribution in [-0.4, -0.2) is 30.5 Å². The maximum Gasteiger partial charge on any atom is 0.331 e. The number of aromatic nitrogens is 1. The fraction of sp³-hybridized carbons (Fsp3) is 0.250. The average Bonchev–Trinajstić information content (AvgIpc) is 3.16. The van der Waals surface area contributed by atoms with Crippen molar-refractivity contribution in [2.24, 2.45) is 0 Å². The van der Waals surface area contributed by atoms with Gasteiger partial charge in [0.2, 0.25) is 6.79 Å². The highest BCUT2D eigenvalue weighted by Crippen LogP contribution is 2.40. The van der Waals surface area contributed by atoms with Gasteiger partial charge in [0.25, 0.3) is 0 Å². The van der Waals surface area contributed by atoms with Crippen molar-refractivity contribution < 1.29 is 23.7 Å². The lowest BCUT2D eigenvalue weighted by molar-refractivity contribution is -0.148. The molecule has 0 atom stereocenters. The van der Waals surface area contributed by atoms with E-state index >= 15 is 0 Å². The molecule has 3 aromatic rings. The first-order chi connectivity index (χ1) is 14.4. The highest BCUT2D eigenvalue weighted by atomic mass is 16.7. The van der Waals surface area contributed by atoms with Crippen LogP contribution < -0.4 is 14.2 Å². The largest absolute Gasteiger partial charge is 0.496 e. The summed E-state index contributed by atoms with van der Waals surface area (Å²) in [4.78, 5) is 17.0. The van der Waals surface area contributed by atoms with Gasteiger partial charge in [0.1, 0.15) is 11.4 Å². The van der Waals surface area contributed by atoms with Crippen molar-refractivity contribution in [1.82, 2.24) is 4.98 Å². The Bertz CT molecular complexity index is 1140. The highest BCUT2D eigenvalue weighted by molar-refractivity contribution is 6.00. The van der Waals surface area contributed by atoms with Crippen molar-refractivity contribution in [3.8, 4) is 28.5 Å². The van der Waals surface area contributed by atoms with Crippen LogP contribution in [-0.2, 0) is 9.53 Å². The zero-order valence-electron chi connectivity index (χ0n) is 17.4. The number of esters is 1. The number of benzene rings is 2. The topological polar surface area (TPSA) is 66.9 Å². The van der Waals surface area contributed by atoms with Crippen LogP contribution >= 0.6 is 0 Å². The molecule has 0 saturated carbocycles. The van der Waals surface area contributed by atoms with Gasteiger partial charge in [-0.3, -0.25) is 4.98 Å². The van der Waals surface area contributed by atoms with E-state index in [-0.39, 0.29) is 6.79 Å². The molecule has 0 bridgehead atoms. The van der Waals surface area contributed by atoms with Gasteiger partial charge in [-0.2, -0.15) is 0 Å². The molecule has 0 unspecified atom stereocenters. The van der Waals surface area contributed by atoms with Crippen molar-refractivity contribution >= 4 is 22.8 Å². The van der Waals surface area contributed by atoms with Crippen LogP contribution in [0.25, 0.3) is 28.1 Å². The maximum absolute atomic E-state index is 12.3. The van der Waals surface area contributed by atoms with E-state index in [1.54, 1.807) is 19.4 Å². The van der Waals surface area contributed by atoms with E-state index in [2.05, 4.69) is 4.98 Å². The second kappa shape index (κ2) is 7.71. The molecule has 2 heterocycles. The Morgan fingerprint density at radius 3 is 2.60 bits per heavy atom. The molecule has 0 fully saturated rings. The molecule has 2 aromatic carbocycles.